The summed E-state index contributed by atoms with van der Waals surface area (Å²) >= 11 is 5.97. The molecule has 0 saturated carbocycles. The lowest BCUT2D eigenvalue weighted by Crippen LogP contribution is -1.97. The van der Waals surface area contributed by atoms with Gasteiger partial charge in [-0.05, 0) is 30.3 Å². The minimum absolute atomic E-state index is 0.193. The molecule has 0 fully saturated rings. The predicted octanol–water partition coefficient (Wildman–Crippen LogP) is 3.38. The highest BCUT2D eigenvalue weighted by atomic mass is 35.5. The minimum Gasteiger partial charge on any atom is -0.478 e. The van der Waals surface area contributed by atoms with E-state index in [0.29, 0.717) is 10.5 Å². The number of para-hydroxylation sites is 1. The first-order chi connectivity index (χ1) is 9.16. The van der Waals surface area contributed by atoms with Crippen molar-refractivity contribution in [2.24, 2.45) is 0 Å². The smallest absolute Gasteiger partial charge is 0.337 e. The van der Waals surface area contributed by atoms with Gasteiger partial charge in [0, 0.05) is 10.7 Å². The molecule has 2 aromatic carbocycles. The van der Waals surface area contributed by atoms with Crippen LogP contribution in [-0.4, -0.2) is 20.6 Å². The van der Waals surface area contributed by atoms with Crippen molar-refractivity contribution in [1.29, 1.82) is 0 Å². The average Bonchev–Trinajstić information content (AvgIpc) is 2.82. The fraction of sp³-hybridized carbons (Fsp3) is 0. The number of hydrogen-bond acceptors (Lipinski definition) is 2. The van der Waals surface area contributed by atoms with Crippen LogP contribution < -0.4 is 0 Å². The molecule has 0 aliphatic heterocycles. The van der Waals surface area contributed by atoms with Crippen LogP contribution in [0.5, 0.6) is 0 Å². The number of benzene rings is 2. The molecule has 1 N–H and O–H groups in total. The Balaban J connectivity index is 2.27. The van der Waals surface area contributed by atoms with E-state index in [1.807, 2.05) is 22.8 Å². The molecule has 0 spiro atoms. The first-order valence-corrected chi connectivity index (χ1v) is 6.00. The summed E-state index contributed by atoms with van der Waals surface area (Å²) in [5.74, 6) is -0.984. The molecule has 5 heteroatoms. The van der Waals surface area contributed by atoms with Crippen molar-refractivity contribution in [2.45, 2.75) is 0 Å². The second kappa shape index (κ2) is 4.40. The molecular weight excluding hydrogens is 264 g/mol. The number of carboxylic acid groups (broad SMARTS) is 1. The zero-order valence-corrected chi connectivity index (χ0v) is 10.5. The molecule has 94 valence electrons. The topological polar surface area (TPSA) is 55.1 Å². The zero-order chi connectivity index (χ0) is 13.4. The van der Waals surface area contributed by atoms with Crippen LogP contribution in [0.15, 0.2) is 48.8 Å². The van der Waals surface area contributed by atoms with Gasteiger partial charge in [-0.1, -0.05) is 23.7 Å². The van der Waals surface area contributed by atoms with E-state index >= 15 is 0 Å². The minimum atomic E-state index is -0.984. The van der Waals surface area contributed by atoms with E-state index in [4.69, 9.17) is 16.7 Å². The molecule has 0 aliphatic carbocycles. The van der Waals surface area contributed by atoms with Gasteiger partial charge >= 0.3 is 5.97 Å². The van der Waals surface area contributed by atoms with Gasteiger partial charge in [0.15, 0.2) is 0 Å². The van der Waals surface area contributed by atoms with Gasteiger partial charge in [0.25, 0.3) is 0 Å². The van der Waals surface area contributed by atoms with Crippen molar-refractivity contribution in [1.82, 2.24) is 9.55 Å². The quantitative estimate of drug-likeness (QED) is 0.778. The summed E-state index contributed by atoms with van der Waals surface area (Å²) in [4.78, 5) is 15.3. The molecule has 3 rings (SSSR count). The fourth-order valence-electron chi connectivity index (χ4n) is 2.04. The summed E-state index contributed by atoms with van der Waals surface area (Å²) in [6.07, 6.45) is 1.60. The number of carboxylic acids is 1. The van der Waals surface area contributed by atoms with E-state index in [1.54, 1.807) is 30.6 Å². The molecule has 3 aromatic rings. The van der Waals surface area contributed by atoms with Gasteiger partial charge in [-0.15, -0.1) is 0 Å². The van der Waals surface area contributed by atoms with E-state index < -0.39 is 5.97 Å². The molecule has 0 amide bonds. The normalized spacial score (nSPS) is 10.8. The van der Waals surface area contributed by atoms with Gasteiger partial charge in [-0.25, -0.2) is 9.78 Å². The Morgan fingerprint density at radius 1 is 1.21 bits per heavy atom. The van der Waals surface area contributed by atoms with Crippen LogP contribution >= 0.6 is 11.6 Å². The monoisotopic (exact) mass is 272 g/mol. The van der Waals surface area contributed by atoms with E-state index in [-0.39, 0.29) is 5.56 Å². The van der Waals surface area contributed by atoms with Crippen LogP contribution in [0.2, 0.25) is 5.02 Å². The van der Waals surface area contributed by atoms with Crippen LogP contribution in [0.25, 0.3) is 16.7 Å². The maximum absolute atomic E-state index is 11.1. The Labute approximate surface area is 113 Å². The average molecular weight is 273 g/mol. The third-order valence-electron chi connectivity index (χ3n) is 2.89. The van der Waals surface area contributed by atoms with Crippen LogP contribution in [-0.2, 0) is 0 Å². The summed E-state index contributed by atoms with van der Waals surface area (Å²) in [6.45, 7) is 0. The molecule has 0 bridgehead atoms. The maximum atomic E-state index is 11.1. The number of nitrogens with zero attached hydrogens (tertiary/aromatic N) is 2. The van der Waals surface area contributed by atoms with E-state index in [1.165, 1.54) is 0 Å². The number of fused-ring (bicyclic) bond motifs is 1. The lowest BCUT2D eigenvalue weighted by Gasteiger charge is -2.04. The lowest BCUT2D eigenvalue weighted by molar-refractivity contribution is 0.0699. The van der Waals surface area contributed by atoms with Gasteiger partial charge in [0.2, 0.25) is 0 Å². The molecule has 0 unspecified atom stereocenters. The predicted molar refractivity (Wildman–Crippen MR) is 73.0 cm³/mol. The molecule has 19 heavy (non-hydrogen) atoms. The van der Waals surface area contributed by atoms with Crippen LogP contribution in [0.1, 0.15) is 10.4 Å². The molecule has 1 aromatic heterocycles. The Morgan fingerprint density at radius 2 is 2.00 bits per heavy atom. The van der Waals surface area contributed by atoms with Gasteiger partial charge in [-0.3, -0.25) is 4.57 Å². The second-order valence-electron chi connectivity index (χ2n) is 4.07. The van der Waals surface area contributed by atoms with Crippen LogP contribution in [0, 0.1) is 0 Å². The molecule has 4 nitrogen and oxygen atoms in total. The second-order valence-corrected chi connectivity index (χ2v) is 4.51. The molecule has 1 heterocycles. The standard InChI is InChI=1S/C14H9ClN2O2/c15-9-3-1-4-10(7-9)17-8-16-13-11(14(18)19)5-2-6-12(13)17/h1-8H,(H,18,19). The molecule has 0 radical (unpaired) electrons. The van der Waals surface area contributed by atoms with Crippen LogP contribution in [0.4, 0.5) is 0 Å². The number of halogens is 1. The third kappa shape index (κ3) is 1.96. The number of aromatic nitrogens is 2. The van der Waals surface area contributed by atoms with E-state index in [9.17, 15) is 4.79 Å². The van der Waals surface area contributed by atoms with Crippen molar-refractivity contribution < 1.29 is 9.90 Å². The SMILES string of the molecule is O=C(O)c1cccc2c1ncn2-c1cccc(Cl)c1. The first-order valence-electron chi connectivity index (χ1n) is 5.62. The Hall–Kier alpha value is -2.33. The van der Waals surface area contributed by atoms with Crippen molar-refractivity contribution in [3.63, 3.8) is 0 Å². The highest BCUT2D eigenvalue weighted by Gasteiger charge is 2.12. The summed E-state index contributed by atoms with van der Waals surface area (Å²) in [6, 6.07) is 12.4. The summed E-state index contributed by atoms with van der Waals surface area (Å²) < 4.78 is 1.81. The number of hydrogen-bond donors (Lipinski definition) is 1. The lowest BCUT2D eigenvalue weighted by atomic mass is 10.2. The molecular formula is C14H9ClN2O2. The number of imidazole rings is 1. The number of aromatic carboxylic acids is 1. The highest BCUT2D eigenvalue weighted by Crippen LogP contribution is 2.22. The van der Waals surface area contributed by atoms with Gasteiger partial charge < -0.3 is 5.11 Å². The third-order valence-corrected chi connectivity index (χ3v) is 3.13. The van der Waals surface area contributed by atoms with Gasteiger partial charge in [-0.2, -0.15) is 0 Å². The van der Waals surface area contributed by atoms with Crippen molar-refractivity contribution >= 4 is 28.6 Å². The molecule has 0 saturated heterocycles. The Kier molecular flexibility index (Phi) is 2.72. The zero-order valence-electron chi connectivity index (χ0n) is 9.75. The number of carbonyl (C=O) groups is 1. The maximum Gasteiger partial charge on any atom is 0.337 e. The molecule has 0 aliphatic rings. The first kappa shape index (κ1) is 11.7. The van der Waals surface area contributed by atoms with E-state index in [0.717, 1.165) is 11.2 Å². The number of rotatable bonds is 2. The van der Waals surface area contributed by atoms with Crippen molar-refractivity contribution in [3.05, 3.63) is 59.4 Å². The van der Waals surface area contributed by atoms with Gasteiger partial charge in [0.05, 0.1) is 11.1 Å². The van der Waals surface area contributed by atoms with Crippen molar-refractivity contribution in [2.75, 3.05) is 0 Å². The van der Waals surface area contributed by atoms with Crippen LogP contribution in [0.3, 0.4) is 0 Å². The summed E-state index contributed by atoms with van der Waals surface area (Å²) in [5, 5.41) is 9.76. The Bertz CT molecular complexity index is 780. The van der Waals surface area contributed by atoms with Crippen molar-refractivity contribution in [3.8, 4) is 5.69 Å². The van der Waals surface area contributed by atoms with Gasteiger partial charge in [0.1, 0.15) is 11.8 Å². The van der Waals surface area contributed by atoms with E-state index in [2.05, 4.69) is 4.98 Å². The largest absolute Gasteiger partial charge is 0.478 e. The highest BCUT2D eigenvalue weighted by molar-refractivity contribution is 6.30. The summed E-state index contributed by atoms with van der Waals surface area (Å²) in [5.41, 5.74) is 2.24. The summed E-state index contributed by atoms with van der Waals surface area (Å²) in [7, 11) is 0. The molecule has 0 atom stereocenters. The Morgan fingerprint density at radius 3 is 2.74 bits per heavy atom. The fourth-order valence-corrected chi connectivity index (χ4v) is 2.23.